The second-order valence-corrected chi connectivity index (χ2v) is 6.36. The molecule has 0 saturated heterocycles. The Bertz CT molecular complexity index is 74.5. The van der Waals surface area contributed by atoms with E-state index in [-0.39, 0.29) is 14.9 Å². The van der Waals surface area contributed by atoms with Gasteiger partial charge in [0.2, 0.25) is 0 Å². The van der Waals surface area contributed by atoms with Crippen molar-refractivity contribution in [2.75, 3.05) is 0 Å². The van der Waals surface area contributed by atoms with Gasteiger partial charge in [-0.3, -0.25) is 0 Å². The van der Waals surface area contributed by atoms with Crippen molar-refractivity contribution in [2.24, 2.45) is 0 Å². The van der Waals surface area contributed by atoms with E-state index in [1.165, 1.54) is 0 Å². The number of hydrogen-bond acceptors (Lipinski definition) is 0. The van der Waals surface area contributed by atoms with Crippen molar-refractivity contribution in [3.63, 3.8) is 0 Å². The fourth-order valence-corrected chi connectivity index (χ4v) is 1.12. The molecule has 3 heteroatoms. The molecule has 0 rings (SSSR count). The molecule has 0 amide bonds. The van der Waals surface area contributed by atoms with Gasteiger partial charge in [-0.1, -0.05) is 0 Å². The van der Waals surface area contributed by atoms with E-state index in [0.29, 0.717) is 0 Å². The van der Waals surface area contributed by atoms with E-state index in [2.05, 4.69) is 6.58 Å². The van der Waals surface area contributed by atoms with Crippen molar-refractivity contribution < 1.29 is 13.5 Å². The van der Waals surface area contributed by atoms with E-state index in [9.17, 15) is 0 Å². The van der Waals surface area contributed by atoms with E-state index in [4.69, 9.17) is 19.4 Å². The molecule has 0 heterocycles. The standard InChI is InChI=1S/C3H4.2CH3.2ClH.Ru/c1-3-2;;;;;/h1,3H,2H2;2*1H3;2*1H;/q;2*-1;;;+2/p-2. The van der Waals surface area contributed by atoms with E-state index in [1.807, 2.05) is 0 Å². The zero-order valence-corrected chi connectivity index (χ0v) is 8.22. The second-order valence-electron chi connectivity index (χ2n) is 0.558. The zero-order chi connectivity index (χ0) is 4.99. The first kappa shape index (κ1) is 15.9. The molecule has 0 N–H and O–H groups in total. The first-order valence-corrected chi connectivity index (χ1v) is 6.69. The second kappa shape index (κ2) is 10.7. The topological polar surface area (TPSA) is 0 Å². The van der Waals surface area contributed by atoms with Gasteiger partial charge < -0.3 is 14.9 Å². The minimum absolute atomic E-state index is 0. The van der Waals surface area contributed by atoms with Crippen LogP contribution in [-0.4, -0.2) is 4.61 Å². The molecule has 0 aromatic heterocycles. The van der Waals surface area contributed by atoms with Crippen LogP contribution in [0.2, 0.25) is 0 Å². The Kier molecular flexibility index (Phi) is 21.4. The van der Waals surface area contributed by atoms with Crippen LogP contribution in [0.15, 0.2) is 12.7 Å². The molecule has 0 aromatic carbocycles. The molecule has 0 fully saturated rings. The molecule has 0 unspecified atom stereocenters. The molecule has 0 aliphatic rings. The summed E-state index contributed by atoms with van der Waals surface area (Å²) in [4.78, 5) is 0. The van der Waals surface area contributed by atoms with Crippen LogP contribution in [0.4, 0.5) is 0 Å². The van der Waals surface area contributed by atoms with E-state index in [0.717, 1.165) is 0 Å². The average Bonchev–Trinajstić information content (AvgIpc) is 1.35. The minimum Gasteiger partial charge on any atom is -0.358 e. The van der Waals surface area contributed by atoms with E-state index in [1.54, 1.807) is 10.7 Å². The first-order valence-electron chi connectivity index (χ1n) is 1.21. The van der Waals surface area contributed by atoms with Gasteiger partial charge in [0.25, 0.3) is 0 Å². The number of halogens is 2. The first-order chi connectivity index (χ1) is 2.77. The predicted molar refractivity (Wildman–Crippen MR) is 40.8 cm³/mol. The molecule has 0 radical (unpaired) electrons. The molecule has 0 aromatic rings. The summed E-state index contributed by atoms with van der Waals surface area (Å²) in [6.45, 7) is 3.41. The molecule has 0 atom stereocenters. The Hall–Kier alpha value is 0.813. The van der Waals surface area contributed by atoms with Gasteiger partial charge in [-0.25, -0.2) is 0 Å². The molecule has 0 nitrogen and oxygen atoms in total. The van der Waals surface area contributed by atoms with Gasteiger partial charge in [-0.2, -0.15) is 0 Å². The zero-order valence-electron chi connectivity index (χ0n) is 4.97. The van der Waals surface area contributed by atoms with Gasteiger partial charge in [0.05, 0.1) is 0 Å². The van der Waals surface area contributed by atoms with Crippen LogP contribution < -0.4 is 0 Å². The maximum absolute atomic E-state index is 5.36. The smallest absolute Gasteiger partial charge is 0.358 e. The van der Waals surface area contributed by atoms with Gasteiger partial charge in [0.1, 0.15) is 0 Å². The van der Waals surface area contributed by atoms with Crippen LogP contribution in [0.25, 0.3) is 0 Å². The number of hydrogen-bond donors (Lipinski definition) is 0. The summed E-state index contributed by atoms with van der Waals surface area (Å²) in [6.07, 6.45) is 1.62. The van der Waals surface area contributed by atoms with Crippen molar-refractivity contribution in [1.82, 2.24) is 0 Å². The molecule has 54 valence electrons. The summed E-state index contributed by atoms with van der Waals surface area (Å²) in [5, 5.41) is 0. The third-order valence-electron chi connectivity index (χ3n) is 0.172. The van der Waals surface area contributed by atoms with Crippen molar-refractivity contribution in [3.8, 4) is 0 Å². The third kappa shape index (κ3) is 15.8. The summed E-state index contributed by atoms with van der Waals surface area (Å²) in [5.74, 6) is 0. The van der Waals surface area contributed by atoms with E-state index >= 15 is 0 Å². The van der Waals surface area contributed by atoms with Gasteiger partial charge in [0.15, 0.2) is 0 Å². The van der Waals surface area contributed by atoms with Crippen molar-refractivity contribution in [3.05, 3.63) is 27.5 Å². The van der Waals surface area contributed by atoms with Crippen molar-refractivity contribution in [1.29, 1.82) is 0 Å². The number of rotatable bonds is 1. The molecule has 8 heavy (non-hydrogen) atoms. The maximum Gasteiger partial charge on any atom is -0.358 e. The molecular weight excluding hydrogens is 232 g/mol. The SMILES string of the molecule is C=C[CH]=[Ru]([Cl])[Cl].[CH3-].[CH3-]. The summed E-state index contributed by atoms with van der Waals surface area (Å²) in [7, 11) is 10.7. The predicted octanol–water partition coefficient (Wildman–Crippen LogP) is 2.80. The summed E-state index contributed by atoms with van der Waals surface area (Å²) in [5.41, 5.74) is 0. The Morgan fingerprint density at radius 3 is 1.62 bits per heavy atom. The van der Waals surface area contributed by atoms with Crippen LogP contribution in [0.3, 0.4) is 0 Å². The van der Waals surface area contributed by atoms with Gasteiger partial charge in [-0.05, 0) is 0 Å². The summed E-state index contributed by atoms with van der Waals surface area (Å²) in [6, 6.07) is 0. The third-order valence-corrected chi connectivity index (χ3v) is 2.07. The van der Waals surface area contributed by atoms with Gasteiger partial charge in [0, 0.05) is 0 Å². The Labute approximate surface area is 65.0 Å². The van der Waals surface area contributed by atoms with Crippen LogP contribution in [0.1, 0.15) is 0 Å². The monoisotopic (exact) mass is 242 g/mol. The summed E-state index contributed by atoms with van der Waals surface area (Å²) < 4.78 is 1.73. The fourth-order valence-electron chi connectivity index (χ4n) is 0.0630. The van der Waals surface area contributed by atoms with Crippen molar-refractivity contribution >= 4 is 24.0 Å². The van der Waals surface area contributed by atoms with Crippen LogP contribution >= 0.6 is 19.4 Å². The maximum atomic E-state index is 5.36. The van der Waals surface area contributed by atoms with E-state index < -0.39 is 13.5 Å². The average molecular weight is 242 g/mol. The van der Waals surface area contributed by atoms with Crippen LogP contribution in [0, 0.1) is 14.9 Å². The molecule has 0 aliphatic carbocycles. The van der Waals surface area contributed by atoms with Gasteiger partial charge >= 0.3 is 50.2 Å². The quantitative estimate of drug-likeness (QED) is 0.490. The Morgan fingerprint density at radius 1 is 1.25 bits per heavy atom. The van der Waals surface area contributed by atoms with Crippen LogP contribution in [0.5, 0.6) is 0 Å². The largest absolute Gasteiger partial charge is 0.358 e. The molecular formula is C5H10Cl2Ru-2. The fraction of sp³-hybridized carbons (Fsp3) is 0. The molecule has 0 bridgehead atoms. The minimum atomic E-state index is -1.50. The van der Waals surface area contributed by atoms with Gasteiger partial charge in [-0.15, -0.1) is 0 Å². The molecule has 0 spiro atoms. The Morgan fingerprint density at radius 2 is 1.62 bits per heavy atom. The number of allylic oxidation sites excluding steroid dienone is 1. The summed E-state index contributed by atoms with van der Waals surface area (Å²) >= 11 is -1.50. The molecule has 0 aliphatic heterocycles. The van der Waals surface area contributed by atoms with Crippen LogP contribution in [-0.2, 0) is 13.5 Å². The Balaban J connectivity index is -0.000000125. The molecule has 0 saturated carbocycles. The van der Waals surface area contributed by atoms with Crippen molar-refractivity contribution in [2.45, 2.75) is 0 Å². The normalized spacial score (nSPS) is 7.50.